The molecule has 1 nitrogen and oxygen atoms in total. The first kappa shape index (κ1) is 16.9. The number of hydrogen-bond donors (Lipinski definition) is 0. The predicted octanol–water partition coefficient (Wildman–Crippen LogP) is 4.88. The molecule has 0 bridgehead atoms. The van der Waals surface area contributed by atoms with Gasteiger partial charge in [0.15, 0.2) is 0 Å². The molecule has 0 heterocycles. The number of ketones is 1. The van der Waals surface area contributed by atoms with Gasteiger partial charge in [0, 0.05) is 12.8 Å². The Morgan fingerprint density at radius 1 is 1.11 bits per heavy atom. The van der Waals surface area contributed by atoms with Crippen LogP contribution in [0.1, 0.15) is 57.2 Å². The molecule has 0 amide bonds. The van der Waals surface area contributed by atoms with Gasteiger partial charge in [-0.05, 0) is 36.5 Å². The Labute approximate surface area is 113 Å². The molecule has 1 aromatic rings. The fourth-order valence-electron chi connectivity index (χ4n) is 2.30. The van der Waals surface area contributed by atoms with Gasteiger partial charge in [-0.15, -0.1) is 0 Å². The number of hydrogen-bond acceptors (Lipinski definition) is 1. The van der Waals surface area contributed by atoms with Crippen molar-refractivity contribution in [3.05, 3.63) is 34.9 Å². The minimum Gasteiger partial charge on any atom is -0.299 e. The molecule has 0 saturated heterocycles. The van der Waals surface area contributed by atoms with Gasteiger partial charge in [0.2, 0.25) is 0 Å². The first-order valence-corrected chi connectivity index (χ1v) is 6.65. The van der Waals surface area contributed by atoms with Crippen LogP contribution in [0.5, 0.6) is 0 Å². The van der Waals surface area contributed by atoms with Crippen molar-refractivity contribution in [2.24, 2.45) is 5.92 Å². The van der Waals surface area contributed by atoms with E-state index in [-0.39, 0.29) is 7.43 Å². The zero-order valence-corrected chi connectivity index (χ0v) is 11.5. The molecule has 18 heavy (non-hydrogen) atoms. The second-order valence-corrected chi connectivity index (χ2v) is 4.97. The van der Waals surface area contributed by atoms with E-state index in [1.54, 1.807) is 0 Å². The summed E-state index contributed by atoms with van der Waals surface area (Å²) in [5.41, 5.74) is 3.70. The SMILES string of the molecule is C.CCC(CC)CC(=O)Cc1c(C)cccc1C. The molecule has 0 N–H and O–H groups in total. The number of carbonyl (C=O) groups excluding carboxylic acids is 1. The Hall–Kier alpha value is -1.11. The Balaban J connectivity index is 0.00000289. The number of carbonyl (C=O) groups is 1. The molecule has 1 rings (SSSR count). The average Bonchev–Trinajstić information content (AvgIpc) is 2.31. The largest absolute Gasteiger partial charge is 0.299 e. The van der Waals surface area contributed by atoms with Crippen LogP contribution in [0.3, 0.4) is 0 Å². The first-order valence-electron chi connectivity index (χ1n) is 6.65. The van der Waals surface area contributed by atoms with E-state index in [0.29, 0.717) is 18.1 Å². The summed E-state index contributed by atoms with van der Waals surface area (Å²) < 4.78 is 0. The van der Waals surface area contributed by atoms with Crippen LogP contribution in [-0.2, 0) is 11.2 Å². The summed E-state index contributed by atoms with van der Waals surface area (Å²) in [5.74, 6) is 0.947. The summed E-state index contributed by atoms with van der Waals surface area (Å²) in [6.07, 6.45) is 3.56. The highest BCUT2D eigenvalue weighted by atomic mass is 16.1. The lowest BCUT2D eigenvalue weighted by atomic mass is 9.91. The molecular formula is C17H28O. The molecule has 0 aliphatic heterocycles. The van der Waals surface area contributed by atoms with Crippen molar-refractivity contribution in [3.63, 3.8) is 0 Å². The van der Waals surface area contributed by atoms with Crippen molar-refractivity contribution in [1.29, 1.82) is 0 Å². The molecule has 0 atom stereocenters. The van der Waals surface area contributed by atoms with Crippen LogP contribution in [-0.4, -0.2) is 5.78 Å². The molecule has 0 aromatic heterocycles. The fourth-order valence-corrected chi connectivity index (χ4v) is 2.30. The number of aryl methyl sites for hydroxylation is 2. The quantitative estimate of drug-likeness (QED) is 0.701. The van der Waals surface area contributed by atoms with Crippen LogP contribution in [0.2, 0.25) is 0 Å². The Bertz CT molecular complexity index is 355. The van der Waals surface area contributed by atoms with Crippen LogP contribution in [0.15, 0.2) is 18.2 Å². The van der Waals surface area contributed by atoms with Crippen LogP contribution >= 0.6 is 0 Å². The van der Waals surface area contributed by atoms with Gasteiger partial charge in [-0.1, -0.05) is 52.3 Å². The predicted molar refractivity (Wildman–Crippen MR) is 80.0 cm³/mol. The third kappa shape index (κ3) is 4.64. The maximum atomic E-state index is 12.0. The van der Waals surface area contributed by atoms with E-state index in [0.717, 1.165) is 19.3 Å². The highest BCUT2D eigenvalue weighted by molar-refractivity contribution is 5.81. The Morgan fingerprint density at radius 3 is 2.06 bits per heavy atom. The number of rotatable bonds is 6. The molecule has 0 radical (unpaired) electrons. The number of benzene rings is 1. The summed E-state index contributed by atoms with van der Waals surface area (Å²) in [5, 5.41) is 0. The van der Waals surface area contributed by atoms with E-state index < -0.39 is 0 Å². The van der Waals surface area contributed by atoms with Crippen LogP contribution < -0.4 is 0 Å². The van der Waals surface area contributed by atoms with Gasteiger partial charge in [-0.3, -0.25) is 4.79 Å². The molecule has 0 fully saturated rings. The first-order chi connectivity index (χ1) is 8.08. The fraction of sp³-hybridized carbons (Fsp3) is 0.588. The van der Waals surface area contributed by atoms with Gasteiger partial charge in [0.05, 0.1) is 0 Å². The molecule has 0 unspecified atom stereocenters. The molecule has 0 spiro atoms. The Morgan fingerprint density at radius 2 is 1.61 bits per heavy atom. The van der Waals surface area contributed by atoms with E-state index >= 15 is 0 Å². The third-order valence-electron chi connectivity index (χ3n) is 3.69. The summed E-state index contributed by atoms with van der Waals surface area (Å²) in [6.45, 7) is 8.51. The maximum absolute atomic E-state index is 12.0. The summed E-state index contributed by atoms with van der Waals surface area (Å²) in [6, 6.07) is 6.24. The van der Waals surface area contributed by atoms with E-state index in [2.05, 4.69) is 45.9 Å². The van der Waals surface area contributed by atoms with Crippen molar-refractivity contribution in [3.8, 4) is 0 Å². The second kappa shape index (κ2) is 8.07. The standard InChI is InChI=1S/C16H24O.CH4/c1-5-14(6-2)10-15(17)11-16-12(3)8-7-9-13(16)4;/h7-9,14H,5-6,10-11H2,1-4H3;1H4. The van der Waals surface area contributed by atoms with Gasteiger partial charge < -0.3 is 0 Å². The van der Waals surface area contributed by atoms with Crippen LogP contribution in [0, 0.1) is 19.8 Å². The van der Waals surface area contributed by atoms with Gasteiger partial charge in [-0.2, -0.15) is 0 Å². The molecule has 1 heteroatoms. The zero-order valence-electron chi connectivity index (χ0n) is 11.5. The minimum atomic E-state index is 0. The van der Waals surface area contributed by atoms with Crippen LogP contribution in [0.25, 0.3) is 0 Å². The smallest absolute Gasteiger partial charge is 0.137 e. The van der Waals surface area contributed by atoms with Gasteiger partial charge in [0.25, 0.3) is 0 Å². The minimum absolute atomic E-state index is 0. The van der Waals surface area contributed by atoms with Crippen molar-refractivity contribution in [2.45, 2.75) is 60.8 Å². The maximum Gasteiger partial charge on any atom is 0.137 e. The molecular weight excluding hydrogens is 220 g/mol. The normalized spacial score (nSPS) is 10.3. The molecule has 102 valence electrons. The third-order valence-corrected chi connectivity index (χ3v) is 3.69. The van der Waals surface area contributed by atoms with Crippen molar-refractivity contribution >= 4 is 5.78 Å². The average molecular weight is 248 g/mol. The van der Waals surface area contributed by atoms with Gasteiger partial charge in [-0.25, -0.2) is 0 Å². The Kier molecular flexibility index (Phi) is 7.58. The highest BCUT2D eigenvalue weighted by Gasteiger charge is 2.13. The van der Waals surface area contributed by atoms with Crippen molar-refractivity contribution in [2.75, 3.05) is 0 Å². The van der Waals surface area contributed by atoms with Crippen LogP contribution in [0.4, 0.5) is 0 Å². The number of Topliss-reactive ketones (excluding diaryl/α,β-unsaturated/α-hetero) is 1. The van der Waals surface area contributed by atoms with E-state index in [4.69, 9.17) is 0 Å². The topological polar surface area (TPSA) is 17.1 Å². The molecule has 1 aromatic carbocycles. The molecule has 0 saturated carbocycles. The van der Waals surface area contributed by atoms with E-state index in [1.165, 1.54) is 16.7 Å². The highest BCUT2D eigenvalue weighted by Crippen LogP contribution is 2.18. The molecule has 0 aliphatic rings. The summed E-state index contributed by atoms with van der Waals surface area (Å²) in [4.78, 5) is 12.0. The zero-order chi connectivity index (χ0) is 12.8. The lowest BCUT2D eigenvalue weighted by Gasteiger charge is -2.13. The lowest BCUT2D eigenvalue weighted by molar-refractivity contribution is -0.119. The lowest BCUT2D eigenvalue weighted by Crippen LogP contribution is -2.11. The van der Waals surface area contributed by atoms with E-state index in [1.807, 2.05) is 0 Å². The molecule has 0 aliphatic carbocycles. The van der Waals surface area contributed by atoms with E-state index in [9.17, 15) is 4.79 Å². The summed E-state index contributed by atoms with van der Waals surface area (Å²) >= 11 is 0. The second-order valence-electron chi connectivity index (χ2n) is 4.97. The van der Waals surface area contributed by atoms with Gasteiger partial charge in [0.1, 0.15) is 5.78 Å². The van der Waals surface area contributed by atoms with Crippen molar-refractivity contribution < 1.29 is 4.79 Å². The van der Waals surface area contributed by atoms with Crippen molar-refractivity contribution in [1.82, 2.24) is 0 Å². The van der Waals surface area contributed by atoms with Gasteiger partial charge >= 0.3 is 0 Å². The monoisotopic (exact) mass is 248 g/mol. The summed E-state index contributed by atoms with van der Waals surface area (Å²) in [7, 11) is 0.